The Hall–Kier alpha value is -3.03. The highest BCUT2D eigenvalue weighted by atomic mass is 19.4. The summed E-state index contributed by atoms with van der Waals surface area (Å²) < 4.78 is 48.6. The number of carbonyl (C=O) groups is 2. The first-order valence-corrected chi connectivity index (χ1v) is 8.44. The van der Waals surface area contributed by atoms with Crippen LogP contribution in [0.4, 0.5) is 13.2 Å². The fourth-order valence-corrected chi connectivity index (χ4v) is 3.14. The Morgan fingerprint density at radius 1 is 1.21 bits per heavy atom. The largest absolute Gasteiger partial charge is 0.573 e. The number of alkyl halides is 3. The second kappa shape index (κ2) is 6.85. The third-order valence-electron chi connectivity index (χ3n) is 4.54. The third-order valence-corrected chi connectivity index (χ3v) is 4.54. The standard InChI is InChI=1S/C20H18F3NO4/c1-19(2)10-27-17-14(7-12(8-15(17)19)18(26)24-3)13-6-11(9-25)4-5-16(13)28-20(21,22)23/h4-9H,10H2,1-3H3,(H,24,26). The van der Waals surface area contributed by atoms with Crippen molar-refractivity contribution in [3.63, 3.8) is 0 Å². The van der Waals surface area contributed by atoms with Crippen LogP contribution in [0.25, 0.3) is 11.1 Å². The zero-order chi connectivity index (χ0) is 20.7. The molecule has 0 saturated carbocycles. The van der Waals surface area contributed by atoms with E-state index in [1.54, 1.807) is 6.07 Å². The number of rotatable bonds is 4. The van der Waals surface area contributed by atoms with Crippen molar-refractivity contribution in [1.29, 1.82) is 0 Å². The number of ether oxygens (including phenoxy) is 2. The molecule has 0 unspecified atom stereocenters. The zero-order valence-electron chi connectivity index (χ0n) is 15.4. The van der Waals surface area contributed by atoms with Gasteiger partial charge < -0.3 is 14.8 Å². The molecule has 0 aliphatic carbocycles. The van der Waals surface area contributed by atoms with E-state index < -0.39 is 23.4 Å². The van der Waals surface area contributed by atoms with Gasteiger partial charge in [0, 0.05) is 40.3 Å². The number of benzene rings is 2. The SMILES string of the molecule is CNC(=O)c1cc(-c2cc(C=O)ccc2OC(F)(F)F)c2c(c1)C(C)(C)CO2. The Kier molecular flexibility index (Phi) is 4.82. The lowest BCUT2D eigenvalue weighted by atomic mass is 9.84. The summed E-state index contributed by atoms with van der Waals surface area (Å²) >= 11 is 0. The van der Waals surface area contributed by atoms with Crippen LogP contribution >= 0.6 is 0 Å². The van der Waals surface area contributed by atoms with Crippen molar-refractivity contribution >= 4 is 12.2 Å². The van der Waals surface area contributed by atoms with E-state index in [9.17, 15) is 22.8 Å². The topological polar surface area (TPSA) is 64.6 Å². The predicted octanol–water partition coefficient (Wildman–Crippen LogP) is 4.09. The van der Waals surface area contributed by atoms with Crippen LogP contribution in [0.3, 0.4) is 0 Å². The number of hydrogen-bond donors (Lipinski definition) is 1. The Balaban J connectivity index is 2.30. The summed E-state index contributed by atoms with van der Waals surface area (Å²) in [6.45, 7) is 4.12. The van der Waals surface area contributed by atoms with Crippen molar-refractivity contribution in [2.24, 2.45) is 0 Å². The molecule has 3 rings (SSSR count). The van der Waals surface area contributed by atoms with Crippen molar-refractivity contribution < 1.29 is 32.2 Å². The molecule has 2 aromatic rings. The van der Waals surface area contributed by atoms with Gasteiger partial charge in [0.1, 0.15) is 17.8 Å². The van der Waals surface area contributed by atoms with Crippen LogP contribution in [0.5, 0.6) is 11.5 Å². The highest BCUT2D eigenvalue weighted by molar-refractivity contribution is 5.97. The molecule has 1 amide bonds. The molecule has 0 fully saturated rings. The van der Waals surface area contributed by atoms with E-state index in [0.29, 0.717) is 24.2 Å². The molecule has 148 valence electrons. The van der Waals surface area contributed by atoms with E-state index >= 15 is 0 Å². The van der Waals surface area contributed by atoms with E-state index in [-0.39, 0.29) is 22.3 Å². The first-order chi connectivity index (χ1) is 13.1. The van der Waals surface area contributed by atoms with E-state index in [1.807, 2.05) is 13.8 Å². The zero-order valence-corrected chi connectivity index (χ0v) is 15.4. The average Bonchev–Trinajstić information content (AvgIpc) is 2.94. The van der Waals surface area contributed by atoms with E-state index in [2.05, 4.69) is 10.1 Å². The van der Waals surface area contributed by atoms with Gasteiger partial charge >= 0.3 is 6.36 Å². The fraction of sp³-hybridized carbons (Fsp3) is 0.300. The molecule has 0 radical (unpaired) electrons. The molecule has 8 heteroatoms. The van der Waals surface area contributed by atoms with Gasteiger partial charge in [0.05, 0.1) is 6.61 Å². The van der Waals surface area contributed by atoms with Crippen LogP contribution in [-0.2, 0) is 5.41 Å². The Morgan fingerprint density at radius 3 is 2.54 bits per heavy atom. The molecule has 1 aliphatic rings. The van der Waals surface area contributed by atoms with Gasteiger partial charge in [0.2, 0.25) is 0 Å². The van der Waals surface area contributed by atoms with Crippen LogP contribution in [0.1, 0.15) is 40.1 Å². The van der Waals surface area contributed by atoms with E-state index in [0.717, 1.165) is 6.07 Å². The number of aldehydes is 1. The molecule has 0 spiro atoms. The molecule has 1 aliphatic heterocycles. The van der Waals surface area contributed by atoms with Crippen molar-refractivity contribution in [3.8, 4) is 22.6 Å². The summed E-state index contributed by atoms with van der Waals surface area (Å²) in [5.74, 6) is -0.507. The molecule has 1 heterocycles. The average molecular weight is 393 g/mol. The predicted molar refractivity (Wildman–Crippen MR) is 95.9 cm³/mol. The number of fused-ring (bicyclic) bond motifs is 1. The summed E-state index contributed by atoms with van der Waals surface area (Å²) in [7, 11) is 1.46. The van der Waals surface area contributed by atoms with E-state index in [4.69, 9.17) is 4.74 Å². The smallest absolute Gasteiger partial charge is 0.492 e. The molecule has 28 heavy (non-hydrogen) atoms. The molecular weight excluding hydrogens is 375 g/mol. The molecule has 0 aromatic heterocycles. The normalized spacial score (nSPS) is 14.8. The first-order valence-electron chi connectivity index (χ1n) is 8.44. The van der Waals surface area contributed by atoms with Crippen molar-refractivity contribution in [2.45, 2.75) is 25.6 Å². The Labute approximate surface area is 159 Å². The lowest BCUT2D eigenvalue weighted by molar-refractivity contribution is -0.274. The van der Waals surface area contributed by atoms with Gasteiger partial charge in [-0.15, -0.1) is 13.2 Å². The summed E-state index contributed by atoms with van der Waals surface area (Å²) in [5, 5.41) is 2.51. The third kappa shape index (κ3) is 3.67. The molecular formula is C20H18F3NO4. The molecule has 1 N–H and O–H groups in total. The summed E-state index contributed by atoms with van der Waals surface area (Å²) in [6.07, 6.45) is -4.40. The van der Waals surface area contributed by atoms with Gasteiger partial charge in [-0.05, 0) is 30.3 Å². The van der Waals surface area contributed by atoms with Crippen LogP contribution in [0, 0.1) is 0 Å². The first kappa shape index (κ1) is 19.7. The quantitative estimate of drug-likeness (QED) is 0.795. The van der Waals surface area contributed by atoms with Crippen LogP contribution in [-0.4, -0.2) is 32.2 Å². The van der Waals surface area contributed by atoms with Gasteiger partial charge in [0.25, 0.3) is 5.91 Å². The van der Waals surface area contributed by atoms with Gasteiger partial charge in [-0.1, -0.05) is 13.8 Å². The molecule has 0 bridgehead atoms. The van der Waals surface area contributed by atoms with Gasteiger partial charge in [0.15, 0.2) is 0 Å². The van der Waals surface area contributed by atoms with Crippen molar-refractivity contribution in [1.82, 2.24) is 5.32 Å². The summed E-state index contributed by atoms with van der Waals surface area (Å²) in [5.41, 5.74) is 0.955. The van der Waals surface area contributed by atoms with Crippen molar-refractivity contribution in [3.05, 3.63) is 47.0 Å². The fourth-order valence-electron chi connectivity index (χ4n) is 3.14. The maximum Gasteiger partial charge on any atom is 0.573 e. The van der Waals surface area contributed by atoms with E-state index in [1.165, 1.54) is 25.2 Å². The summed E-state index contributed by atoms with van der Waals surface area (Å²) in [6, 6.07) is 6.69. The maximum absolute atomic E-state index is 12.9. The summed E-state index contributed by atoms with van der Waals surface area (Å²) in [4.78, 5) is 23.4. The molecule has 0 saturated heterocycles. The second-order valence-electron chi connectivity index (χ2n) is 7.07. The van der Waals surface area contributed by atoms with Gasteiger partial charge in [-0.2, -0.15) is 0 Å². The monoisotopic (exact) mass is 393 g/mol. The highest BCUT2D eigenvalue weighted by Gasteiger charge is 2.37. The number of amides is 1. The van der Waals surface area contributed by atoms with Gasteiger partial charge in [-0.3, -0.25) is 9.59 Å². The van der Waals surface area contributed by atoms with Crippen LogP contribution in [0.2, 0.25) is 0 Å². The molecule has 2 aromatic carbocycles. The minimum Gasteiger partial charge on any atom is -0.492 e. The number of carbonyl (C=O) groups excluding carboxylic acids is 2. The van der Waals surface area contributed by atoms with Crippen LogP contribution < -0.4 is 14.8 Å². The lowest BCUT2D eigenvalue weighted by Crippen LogP contribution is -2.21. The second-order valence-corrected chi connectivity index (χ2v) is 7.07. The maximum atomic E-state index is 12.9. The minimum absolute atomic E-state index is 0.0154. The Bertz CT molecular complexity index is 951. The number of hydrogen-bond acceptors (Lipinski definition) is 4. The van der Waals surface area contributed by atoms with Gasteiger partial charge in [-0.25, -0.2) is 0 Å². The van der Waals surface area contributed by atoms with Crippen LogP contribution in [0.15, 0.2) is 30.3 Å². The highest BCUT2D eigenvalue weighted by Crippen LogP contribution is 2.48. The number of halogens is 3. The number of nitrogens with one attached hydrogen (secondary N) is 1. The van der Waals surface area contributed by atoms with Crippen molar-refractivity contribution in [2.75, 3.05) is 13.7 Å². The molecule has 0 atom stereocenters. The lowest BCUT2D eigenvalue weighted by Gasteiger charge is -2.19. The Morgan fingerprint density at radius 2 is 1.93 bits per heavy atom. The minimum atomic E-state index is -4.92. The molecule has 5 nitrogen and oxygen atoms in total.